The van der Waals surface area contributed by atoms with E-state index >= 15 is 0 Å². The number of rotatable bonds is 3. The average Bonchev–Trinajstić information content (AvgIpc) is 3.88. The lowest BCUT2D eigenvalue weighted by molar-refractivity contribution is 1.14. The van der Waals surface area contributed by atoms with Crippen molar-refractivity contribution in [3.8, 4) is 22.5 Å². The molecule has 0 saturated heterocycles. The van der Waals surface area contributed by atoms with Crippen molar-refractivity contribution in [3.63, 3.8) is 0 Å². The molecule has 3 nitrogen and oxygen atoms in total. The first-order chi connectivity index (χ1) is 26.3. The number of nitrogens with zero attached hydrogens (tertiary/aromatic N) is 3. The number of hydrogen-bond acceptors (Lipinski definition) is 2. The molecule has 0 unspecified atom stereocenters. The van der Waals surface area contributed by atoms with Crippen molar-refractivity contribution in [2.75, 3.05) is 0 Å². The molecule has 0 radical (unpaired) electrons. The molecule has 0 fully saturated rings. The maximum atomic E-state index is 5.37. The average molecular weight is 692 g/mol. The smallest absolute Gasteiger partial charge is 0.0902 e. The van der Waals surface area contributed by atoms with Crippen molar-refractivity contribution in [2.45, 2.75) is 0 Å². The molecule has 0 bridgehead atoms. The van der Waals surface area contributed by atoms with E-state index in [1.165, 1.54) is 80.3 Å². The lowest BCUT2D eigenvalue weighted by Gasteiger charge is -2.17. The lowest BCUT2D eigenvalue weighted by Crippen LogP contribution is -2.00. The summed E-state index contributed by atoms with van der Waals surface area (Å²) in [5.41, 5.74) is 11.5. The van der Waals surface area contributed by atoms with Gasteiger partial charge in [-0.15, -0.1) is 11.3 Å². The van der Waals surface area contributed by atoms with E-state index in [2.05, 4.69) is 185 Å². The molecule has 0 saturated carbocycles. The third kappa shape index (κ3) is 4.07. The Morgan fingerprint density at radius 3 is 1.42 bits per heavy atom. The summed E-state index contributed by atoms with van der Waals surface area (Å²) in [5, 5.41) is 9.88. The molecule has 53 heavy (non-hydrogen) atoms. The predicted octanol–water partition coefficient (Wildman–Crippen LogP) is 13.6. The van der Waals surface area contributed by atoms with Crippen LogP contribution in [0.2, 0.25) is 0 Å². The van der Waals surface area contributed by atoms with E-state index in [1.807, 2.05) is 11.3 Å². The molecule has 4 heteroatoms. The Bertz CT molecular complexity index is 3230. The Morgan fingerprint density at radius 1 is 0.377 bits per heavy atom. The Morgan fingerprint density at radius 2 is 0.849 bits per heavy atom. The molecule has 0 aliphatic carbocycles. The summed E-state index contributed by atoms with van der Waals surface area (Å²) in [4.78, 5) is 5.37. The first-order valence-electron chi connectivity index (χ1n) is 18.1. The molecule has 0 atom stereocenters. The van der Waals surface area contributed by atoms with Gasteiger partial charge in [-0.05, 0) is 64.9 Å². The molecule has 246 valence electrons. The molecular formula is C49H29N3S. The van der Waals surface area contributed by atoms with Crippen LogP contribution in [0.5, 0.6) is 0 Å². The number of aromatic nitrogens is 3. The molecule has 0 spiro atoms. The monoisotopic (exact) mass is 691 g/mol. The van der Waals surface area contributed by atoms with Gasteiger partial charge in [0.05, 0.1) is 37.8 Å². The van der Waals surface area contributed by atoms with Gasteiger partial charge in [0.2, 0.25) is 0 Å². The number of fused-ring (bicyclic) bond motifs is 12. The van der Waals surface area contributed by atoms with Gasteiger partial charge in [0.15, 0.2) is 0 Å². The van der Waals surface area contributed by atoms with Crippen LogP contribution >= 0.6 is 11.3 Å². The van der Waals surface area contributed by atoms with Crippen LogP contribution in [0.25, 0.3) is 108 Å². The largest absolute Gasteiger partial charge is 0.309 e. The number of hydrogen-bond donors (Lipinski definition) is 0. The number of pyridine rings is 1. The van der Waals surface area contributed by atoms with Crippen LogP contribution in [-0.4, -0.2) is 14.1 Å². The van der Waals surface area contributed by atoms with Gasteiger partial charge in [-0.1, -0.05) is 127 Å². The summed E-state index contributed by atoms with van der Waals surface area (Å²) in [5.74, 6) is 0. The molecule has 0 N–H and O–H groups in total. The minimum atomic E-state index is 1.00. The molecular weight excluding hydrogens is 663 g/mol. The van der Waals surface area contributed by atoms with Crippen molar-refractivity contribution in [2.24, 2.45) is 0 Å². The zero-order chi connectivity index (χ0) is 34.6. The minimum absolute atomic E-state index is 1.00. The third-order valence-electron chi connectivity index (χ3n) is 11.1. The third-order valence-corrected chi connectivity index (χ3v) is 12.3. The summed E-state index contributed by atoms with van der Waals surface area (Å²) in [6, 6.07) is 64.2. The van der Waals surface area contributed by atoms with E-state index in [-0.39, 0.29) is 0 Å². The number of para-hydroxylation sites is 5. The topological polar surface area (TPSA) is 22.8 Å². The molecule has 4 aromatic heterocycles. The fraction of sp³-hybridized carbons (Fsp3) is 0. The van der Waals surface area contributed by atoms with Gasteiger partial charge >= 0.3 is 0 Å². The van der Waals surface area contributed by atoms with Gasteiger partial charge in [-0.25, -0.2) is 4.98 Å². The molecule has 0 amide bonds. The summed E-state index contributed by atoms with van der Waals surface area (Å²) in [6.45, 7) is 0. The van der Waals surface area contributed by atoms with Crippen molar-refractivity contribution >= 4 is 96.9 Å². The first-order valence-corrected chi connectivity index (χ1v) is 18.9. The van der Waals surface area contributed by atoms with Crippen molar-refractivity contribution in [3.05, 3.63) is 176 Å². The zero-order valence-electron chi connectivity index (χ0n) is 28.5. The lowest BCUT2D eigenvalue weighted by atomic mass is 9.98. The fourth-order valence-electron chi connectivity index (χ4n) is 8.80. The van der Waals surface area contributed by atoms with Crippen LogP contribution in [0.3, 0.4) is 0 Å². The highest BCUT2D eigenvalue weighted by Gasteiger charge is 2.21. The fourth-order valence-corrected chi connectivity index (χ4v) is 10.2. The van der Waals surface area contributed by atoms with E-state index < -0.39 is 0 Å². The van der Waals surface area contributed by atoms with Crippen molar-refractivity contribution in [1.29, 1.82) is 0 Å². The summed E-state index contributed by atoms with van der Waals surface area (Å²) < 4.78 is 7.39. The van der Waals surface area contributed by atoms with Gasteiger partial charge < -0.3 is 9.13 Å². The highest BCUT2D eigenvalue weighted by Crippen LogP contribution is 2.46. The van der Waals surface area contributed by atoms with E-state index in [4.69, 9.17) is 4.98 Å². The van der Waals surface area contributed by atoms with E-state index in [0.29, 0.717) is 0 Å². The highest BCUT2D eigenvalue weighted by molar-refractivity contribution is 7.27. The van der Waals surface area contributed by atoms with Gasteiger partial charge in [-0.3, -0.25) is 0 Å². The Hall–Kier alpha value is -6.75. The van der Waals surface area contributed by atoms with Crippen molar-refractivity contribution < 1.29 is 0 Å². The van der Waals surface area contributed by atoms with Crippen LogP contribution in [0.4, 0.5) is 0 Å². The predicted molar refractivity (Wildman–Crippen MR) is 226 cm³/mol. The summed E-state index contributed by atoms with van der Waals surface area (Å²) >= 11 is 1.87. The SMILES string of the molecule is c1ccc2c(c1)ccc1c3nc4ccccc4c(-c4cc(-n5c6ccccc6c6ccccc65)cc(-n5c6ccccc6c6ccccc65)c4)c3sc21. The first kappa shape index (κ1) is 28.9. The molecule has 12 aromatic rings. The maximum Gasteiger partial charge on any atom is 0.0902 e. The second-order valence-electron chi connectivity index (χ2n) is 13.9. The molecule has 0 aliphatic heterocycles. The molecule has 0 aliphatic rings. The second kappa shape index (κ2) is 10.9. The Labute approximate surface area is 308 Å². The minimum Gasteiger partial charge on any atom is -0.309 e. The Balaban J connectivity index is 1.27. The Kier molecular flexibility index (Phi) is 5.93. The maximum absolute atomic E-state index is 5.37. The second-order valence-corrected chi connectivity index (χ2v) is 14.9. The standard InChI is InChI=1S/C49H29N3S/c1-2-14-34-30(13-1)25-26-40-47-49(53-48(34)40)46(39-19-3-8-20-41(39)50-47)31-27-32(51-42-21-9-4-15-35(42)36-16-5-10-22-43(36)51)29-33(28-31)52-44-23-11-6-17-37(44)38-18-7-12-24-45(38)52/h1-29H. The van der Waals surface area contributed by atoms with Crippen LogP contribution in [-0.2, 0) is 0 Å². The quantitative estimate of drug-likeness (QED) is 0.181. The highest BCUT2D eigenvalue weighted by atomic mass is 32.1. The summed E-state index contributed by atoms with van der Waals surface area (Å²) in [7, 11) is 0. The van der Waals surface area contributed by atoms with Crippen LogP contribution < -0.4 is 0 Å². The zero-order valence-corrected chi connectivity index (χ0v) is 29.3. The van der Waals surface area contributed by atoms with Crippen molar-refractivity contribution in [1.82, 2.24) is 14.1 Å². The van der Waals surface area contributed by atoms with Gasteiger partial charge in [-0.2, -0.15) is 0 Å². The molecule has 4 heterocycles. The van der Waals surface area contributed by atoms with Gasteiger partial charge in [0, 0.05) is 54.0 Å². The normalized spacial score (nSPS) is 12.2. The van der Waals surface area contributed by atoms with Crippen LogP contribution in [0.15, 0.2) is 176 Å². The number of benzene rings is 8. The van der Waals surface area contributed by atoms with Crippen LogP contribution in [0, 0.1) is 0 Å². The number of thiophene rings is 1. The van der Waals surface area contributed by atoms with Crippen LogP contribution in [0.1, 0.15) is 0 Å². The van der Waals surface area contributed by atoms with E-state index in [9.17, 15) is 0 Å². The summed E-state index contributed by atoms with van der Waals surface area (Å²) in [6.07, 6.45) is 0. The van der Waals surface area contributed by atoms with Gasteiger partial charge in [0.25, 0.3) is 0 Å². The molecule has 8 aromatic carbocycles. The molecule has 12 rings (SSSR count). The van der Waals surface area contributed by atoms with Gasteiger partial charge in [0.1, 0.15) is 0 Å². The van der Waals surface area contributed by atoms with E-state index in [1.54, 1.807) is 0 Å². The van der Waals surface area contributed by atoms with E-state index in [0.717, 1.165) is 27.8 Å².